The zero-order valence-electron chi connectivity index (χ0n) is 52.6. The Morgan fingerprint density at radius 1 is 0.397 bits per heavy atom. The molecule has 0 radical (unpaired) electrons. The predicted molar refractivity (Wildman–Crippen MR) is 333 cm³/mol. The van der Waals surface area contributed by atoms with E-state index in [0.29, 0.717) is 0 Å². The molecule has 0 unspecified atom stereocenters. The van der Waals surface area contributed by atoms with Crippen molar-refractivity contribution in [2.24, 2.45) is 0 Å². The van der Waals surface area contributed by atoms with E-state index in [-0.39, 0.29) is 33.7 Å². The molecule has 4 heterocycles. The highest BCUT2D eigenvalue weighted by Crippen LogP contribution is 2.38. The summed E-state index contributed by atoms with van der Waals surface area (Å²) in [5.41, 5.74) is 10.8. The largest absolute Gasteiger partial charge is 0.496 e. The summed E-state index contributed by atoms with van der Waals surface area (Å²) in [6, 6.07) is 28.9. The van der Waals surface area contributed by atoms with Crippen LogP contribution in [0.1, 0.15) is 126 Å². The second-order valence-corrected chi connectivity index (χ2v) is 26.5. The lowest BCUT2D eigenvalue weighted by atomic mass is 9.86. The van der Waals surface area contributed by atoms with E-state index in [9.17, 15) is 4.79 Å². The van der Waals surface area contributed by atoms with E-state index in [1.807, 2.05) is 4.90 Å². The Labute approximate surface area is 475 Å². The van der Waals surface area contributed by atoms with Crippen LogP contribution in [0.5, 0.6) is 17.2 Å². The Kier molecular flexibility index (Phi) is 22.7. The molecule has 4 saturated heterocycles. The van der Waals surface area contributed by atoms with E-state index < -0.39 is 0 Å². The van der Waals surface area contributed by atoms with E-state index in [1.54, 1.807) is 21.1 Å². The number of benzene rings is 4. The number of methoxy groups -OCH3 is 2. The number of likely N-dealkylation sites (N-methyl/N-ethyl adjacent to an activating group) is 3. The van der Waals surface area contributed by atoms with Crippen molar-refractivity contribution in [2.45, 2.75) is 132 Å². The summed E-state index contributed by atoms with van der Waals surface area (Å²) < 4.78 is 17.2. The van der Waals surface area contributed by atoms with Gasteiger partial charge in [-0.1, -0.05) is 113 Å². The van der Waals surface area contributed by atoms with Crippen molar-refractivity contribution in [1.82, 2.24) is 19.6 Å². The van der Waals surface area contributed by atoms with Gasteiger partial charge in [0.2, 0.25) is 5.91 Å². The van der Waals surface area contributed by atoms with Gasteiger partial charge in [-0.05, 0) is 109 Å². The quantitative estimate of drug-likeness (QED) is 0.169. The van der Waals surface area contributed by atoms with Gasteiger partial charge in [-0.2, -0.15) is 0 Å². The number of anilines is 4. The van der Waals surface area contributed by atoms with E-state index in [2.05, 4.69) is 231 Å². The molecular weight excluding hydrogens is 969 g/mol. The Hall–Kier alpha value is -5.17. The highest BCUT2D eigenvalue weighted by atomic mass is 16.5. The van der Waals surface area contributed by atoms with Gasteiger partial charge in [0.05, 0.1) is 20.3 Å². The molecule has 434 valence electrons. The summed E-state index contributed by atoms with van der Waals surface area (Å²) in [6.45, 7) is 49.4. The standard InChI is InChI=1S/C18H30N2O.C17H26N2O2.C16H26N2O.C15H24N2/c1-14(2)21-17-13-15(7-8-16(17)18(3,4)5)20-11-9-19(6)10-12-20;1-13(20)18-8-10-19(11-9-18)14-6-7-15(17(2,3)4)16(12-14)21-5;1-16(2,3)14-7-6-13(12-15(14)19-5)18-10-8-17(4)9-11-18;1-15(2,3)13-5-7-14(8-6-13)17-11-9-16(4)10-12-17/h7-8,13-14H,9-12H2,1-6H3;6-7,12H,8-11H2,1-5H3;6-7,12H,8-11H2,1-5H3;5-8H,9-12H2,1-4H3. The van der Waals surface area contributed by atoms with Crippen molar-refractivity contribution in [3.63, 3.8) is 0 Å². The molecule has 0 aromatic heterocycles. The number of hydrogen-bond donors (Lipinski definition) is 0. The molecule has 4 aromatic rings. The molecule has 4 aromatic carbocycles. The third-order valence-corrected chi connectivity index (χ3v) is 15.6. The van der Waals surface area contributed by atoms with Gasteiger partial charge in [0.25, 0.3) is 0 Å². The lowest BCUT2D eigenvalue weighted by Gasteiger charge is -2.36. The zero-order valence-corrected chi connectivity index (χ0v) is 52.6. The molecule has 0 spiro atoms. The van der Waals surface area contributed by atoms with Gasteiger partial charge in [-0.25, -0.2) is 0 Å². The zero-order chi connectivity index (χ0) is 57.8. The van der Waals surface area contributed by atoms with Gasteiger partial charge in [0.15, 0.2) is 0 Å². The predicted octanol–water partition coefficient (Wildman–Crippen LogP) is 11.7. The second kappa shape index (κ2) is 27.8. The molecule has 0 N–H and O–H groups in total. The van der Waals surface area contributed by atoms with Crippen molar-refractivity contribution in [3.05, 3.63) is 101 Å². The van der Waals surface area contributed by atoms with E-state index >= 15 is 0 Å². The third-order valence-electron chi connectivity index (χ3n) is 15.6. The number of hydrogen-bond acceptors (Lipinski definition) is 11. The summed E-state index contributed by atoms with van der Waals surface area (Å²) in [5, 5.41) is 0. The van der Waals surface area contributed by atoms with Crippen LogP contribution in [-0.2, 0) is 26.5 Å². The lowest BCUT2D eigenvalue weighted by Crippen LogP contribution is -2.48. The van der Waals surface area contributed by atoms with Gasteiger partial charge in [0.1, 0.15) is 17.2 Å². The Balaban J connectivity index is 0.000000192. The summed E-state index contributed by atoms with van der Waals surface area (Å²) in [6.07, 6.45) is 0.203. The van der Waals surface area contributed by atoms with Crippen LogP contribution < -0.4 is 33.8 Å². The van der Waals surface area contributed by atoms with Crippen LogP contribution in [0.15, 0.2) is 78.9 Å². The minimum Gasteiger partial charge on any atom is -0.496 e. The number of carbonyl (C=O) groups excluding carboxylic acids is 1. The molecule has 0 atom stereocenters. The highest BCUT2D eigenvalue weighted by molar-refractivity contribution is 5.73. The lowest BCUT2D eigenvalue weighted by molar-refractivity contribution is -0.129. The van der Waals surface area contributed by atoms with Gasteiger partial charge < -0.3 is 53.4 Å². The first kappa shape index (κ1) is 63.7. The molecule has 0 bridgehead atoms. The number of amides is 1. The molecule has 0 aliphatic carbocycles. The summed E-state index contributed by atoms with van der Waals surface area (Å²) in [4.78, 5) is 30.1. The maximum atomic E-state index is 11.4. The monoisotopic (exact) mass is 1070 g/mol. The SMILES string of the molecule is CC(C)Oc1cc(N2CCN(C)CC2)ccc1C(C)(C)C.CN1CCN(c2ccc(C(C)(C)C)cc2)CC1.COc1cc(N2CCN(C(C)=O)CC2)ccc1C(C)(C)C.COc1cc(N2CCN(C)CC2)ccc1C(C)(C)C. The van der Waals surface area contributed by atoms with Crippen LogP contribution in [0.4, 0.5) is 22.7 Å². The Morgan fingerprint density at radius 3 is 0.962 bits per heavy atom. The number of piperazine rings is 4. The molecule has 1 amide bonds. The summed E-state index contributed by atoms with van der Waals surface area (Å²) in [7, 11) is 10.0. The van der Waals surface area contributed by atoms with E-state index in [4.69, 9.17) is 14.2 Å². The minimum atomic E-state index is 0.0667. The fourth-order valence-electron chi connectivity index (χ4n) is 10.3. The molecule has 0 saturated carbocycles. The molecular formula is C66H106N8O4. The molecule has 4 aliphatic rings. The molecule has 12 heteroatoms. The van der Waals surface area contributed by atoms with Crippen molar-refractivity contribution in [2.75, 3.05) is 160 Å². The maximum Gasteiger partial charge on any atom is 0.219 e. The molecule has 8 rings (SSSR count). The Bertz CT molecular complexity index is 2450. The first-order chi connectivity index (χ1) is 36.5. The summed E-state index contributed by atoms with van der Waals surface area (Å²) >= 11 is 0. The highest BCUT2D eigenvalue weighted by Gasteiger charge is 2.26. The molecule has 4 fully saturated rings. The molecule has 78 heavy (non-hydrogen) atoms. The fourth-order valence-corrected chi connectivity index (χ4v) is 10.3. The third kappa shape index (κ3) is 18.7. The minimum absolute atomic E-state index is 0.0667. The Morgan fingerprint density at radius 2 is 0.679 bits per heavy atom. The van der Waals surface area contributed by atoms with Gasteiger partial charge in [-0.3, -0.25) is 4.79 Å². The van der Waals surface area contributed by atoms with Gasteiger partial charge in [-0.15, -0.1) is 0 Å². The van der Waals surface area contributed by atoms with E-state index in [1.165, 1.54) is 58.1 Å². The van der Waals surface area contributed by atoms with Crippen molar-refractivity contribution >= 4 is 28.7 Å². The first-order valence-electron chi connectivity index (χ1n) is 29.1. The topological polar surface area (TPSA) is 70.7 Å². The number of carbonyl (C=O) groups is 1. The van der Waals surface area contributed by atoms with Crippen molar-refractivity contribution < 1.29 is 19.0 Å². The van der Waals surface area contributed by atoms with E-state index in [0.717, 1.165) is 109 Å². The van der Waals surface area contributed by atoms with Crippen molar-refractivity contribution in [3.8, 4) is 17.2 Å². The number of ether oxygens (including phenoxy) is 3. The molecule has 4 aliphatic heterocycles. The van der Waals surface area contributed by atoms with Gasteiger partial charge in [0, 0.05) is 153 Å². The van der Waals surface area contributed by atoms with Crippen LogP contribution in [-0.4, -0.2) is 172 Å². The van der Waals surface area contributed by atoms with Crippen LogP contribution >= 0.6 is 0 Å². The molecule has 12 nitrogen and oxygen atoms in total. The maximum absolute atomic E-state index is 11.4. The van der Waals surface area contributed by atoms with Crippen LogP contribution in [0.3, 0.4) is 0 Å². The average Bonchev–Trinajstić information content (AvgIpc) is 3.40. The van der Waals surface area contributed by atoms with Crippen LogP contribution in [0.25, 0.3) is 0 Å². The smallest absolute Gasteiger partial charge is 0.219 e. The van der Waals surface area contributed by atoms with Crippen LogP contribution in [0, 0.1) is 0 Å². The summed E-state index contributed by atoms with van der Waals surface area (Å²) in [5.74, 6) is 3.14. The van der Waals surface area contributed by atoms with Crippen LogP contribution in [0.2, 0.25) is 0 Å². The number of nitrogens with zero attached hydrogens (tertiary/aromatic N) is 8. The normalized spacial score (nSPS) is 17.3. The fraction of sp³-hybridized carbons (Fsp3) is 0.621. The number of rotatable bonds is 8. The van der Waals surface area contributed by atoms with Crippen molar-refractivity contribution in [1.29, 1.82) is 0 Å². The second-order valence-electron chi connectivity index (χ2n) is 26.5. The average molecular weight is 1080 g/mol. The van der Waals surface area contributed by atoms with Gasteiger partial charge >= 0.3 is 0 Å². The first-order valence-corrected chi connectivity index (χ1v) is 29.1.